The summed E-state index contributed by atoms with van der Waals surface area (Å²) in [7, 11) is 2.09. The van der Waals surface area contributed by atoms with Gasteiger partial charge in [0, 0.05) is 12.2 Å². The van der Waals surface area contributed by atoms with E-state index < -0.39 is 0 Å². The number of likely N-dealkylation sites (tertiary alicyclic amines) is 1. The van der Waals surface area contributed by atoms with Crippen LogP contribution in [0.5, 0.6) is 0 Å². The van der Waals surface area contributed by atoms with Gasteiger partial charge in [-0.3, -0.25) is 4.79 Å². The summed E-state index contributed by atoms with van der Waals surface area (Å²) in [6.07, 6.45) is 3.72. The Kier molecular flexibility index (Phi) is 3.63. The Morgan fingerprint density at radius 1 is 1.40 bits per heavy atom. The lowest BCUT2D eigenvalue weighted by Gasteiger charge is -2.29. The van der Waals surface area contributed by atoms with Gasteiger partial charge in [0.15, 0.2) is 5.69 Å². The van der Waals surface area contributed by atoms with Crippen molar-refractivity contribution in [1.29, 1.82) is 0 Å². The van der Waals surface area contributed by atoms with Crippen molar-refractivity contribution in [1.82, 2.24) is 19.8 Å². The van der Waals surface area contributed by atoms with Gasteiger partial charge in [0.1, 0.15) is 0 Å². The molecule has 0 bridgehead atoms. The van der Waals surface area contributed by atoms with Crippen LogP contribution in [0.2, 0.25) is 5.02 Å². The third-order valence-electron chi connectivity index (χ3n) is 3.75. The Morgan fingerprint density at radius 3 is 2.85 bits per heavy atom. The SMILES string of the molecule is CN1CCC(NC(=O)c2nn3ccccc3c2Cl)CC1. The first kappa shape index (κ1) is 13.4. The Bertz CT molecular complexity index is 631. The molecule has 0 aromatic carbocycles. The number of piperidine rings is 1. The van der Waals surface area contributed by atoms with Crippen molar-refractivity contribution < 1.29 is 4.79 Å². The molecule has 0 aliphatic carbocycles. The summed E-state index contributed by atoms with van der Waals surface area (Å²) in [6.45, 7) is 2.01. The summed E-state index contributed by atoms with van der Waals surface area (Å²) in [5, 5.41) is 7.70. The fourth-order valence-corrected chi connectivity index (χ4v) is 2.79. The minimum absolute atomic E-state index is 0.187. The Balaban J connectivity index is 1.77. The van der Waals surface area contributed by atoms with Crippen LogP contribution in [-0.4, -0.2) is 46.6 Å². The molecule has 1 fully saturated rings. The molecule has 20 heavy (non-hydrogen) atoms. The predicted molar refractivity (Wildman–Crippen MR) is 78.2 cm³/mol. The van der Waals surface area contributed by atoms with Crippen molar-refractivity contribution in [2.75, 3.05) is 20.1 Å². The molecule has 1 amide bonds. The summed E-state index contributed by atoms with van der Waals surface area (Å²) >= 11 is 6.24. The van der Waals surface area contributed by atoms with Crippen LogP contribution in [0.1, 0.15) is 23.3 Å². The lowest BCUT2D eigenvalue weighted by molar-refractivity contribution is 0.0911. The number of carbonyl (C=O) groups excluding carboxylic acids is 1. The van der Waals surface area contributed by atoms with Gasteiger partial charge in [0.05, 0.1) is 10.5 Å². The first-order valence-corrected chi connectivity index (χ1v) is 7.15. The maximum absolute atomic E-state index is 12.3. The number of nitrogens with one attached hydrogen (secondary N) is 1. The van der Waals surface area contributed by atoms with E-state index >= 15 is 0 Å². The maximum atomic E-state index is 12.3. The van der Waals surface area contributed by atoms with Crippen molar-refractivity contribution in [3.63, 3.8) is 0 Å². The standard InChI is InChI=1S/C14H17ClN4O/c1-18-8-5-10(6-9-18)16-14(20)13-12(15)11-4-2-3-7-19(11)17-13/h2-4,7,10H,5-6,8-9H2,1H3,(H,16,20). The molecule has 3 rings (SSSR count). The smallest absolute Gasteiger partial charge is 0.273 e. The molecular weight excluding hydrogens is 276 g/mol. The number of fused-ring (bicyclic) bond motifs is 1. The van der Waals surface area contributed by atoms with Crippen molar-refractivity contribution >= 4 is 23.0 Å². The number of hydrogen-bond donors (Lipinski definition) is 1. The van der Waals surface area contributed by atoms with E-state index in [0.29, 0.717) is 10.7 Å². The second kappa shape index (κ2) is 5.42. The molecule has 1 N–H and O–H groups in total. The van der Waals surface area contributed by atoms with E-state index in [9.17, 15) is 4.79 Å². The van der Waals surface area contributed by atoms with Crippen LogP contribution in [0.4, 0.5) is 0 Å². The maximum Gasteiger partial charge on any atom is 0.273 e. The van der Waals surface area contributed by atoms with Gasteiger partial charge in [0.2, 0.25) is 0 Å². The second-order valence-electron chi connectivity index (χ2n) is 5.24. The average molecular weight is 293 g/mol. The number of nitrogens with zero attached hydrogens (tertiary/aromatic N) is 3. The summed E-state index contributed by atoms with van der Waals surface area (Å²) < 4.78 is 1.63. The Hall–Kier alpha value is -1.59. The lowest BCUT2D eigenvalue weighted by atomic mass is 10.1. The van der Waals surface area contributed by atoms with Crippen LogP contribution in [0.15, 0.2) is 24.4 Å². The second-order valence-corrected chi connectivity index (χ2v) is 5.62. The molecule has 3 heterocycles. The summed E-state index contributed by atoms with van der Waals surface area (Å²) in [5.41, 5.74) is 1.06. The van der Waals surface area contributed by atoms with E-state index in [1.54, 1.807) is 10.7 Å². The van der Waals surface area contributed by atoms with Gasteiger partial charge >= 0.3 is 0 Å². The minimum atomic E-state index is -0.187. The van der Waals surface area contributed by atoms with Gasteiger partial charge in [-0.2, -0.15) is 5.10 Å². The fraction of sp³-hybridized carbons (Fsp3) is 0.429. The molecule has 0 radical (unpaired) electrons. The number of halogens is 1. The summed E-state index contributed by atoms with van der Waals surface area (Å²) in [6, 6.07) is 5.79. The monoisotopic (exact) mass is 292 g/mol. The van der Waals surface area contributed by atoms with Crippen LogP contribution < -0.4 is 5.32 Å². The number of rotatable bonds is 2. The first-order chi connectivity index (χ1) is 9.65. The summed E-state index contributed by atoms with van der Waals surface area (Å²) in [5.74, 6) is -0.187. The molecule has 0 saturated carbocycles. The van der Waals surface area contributed by atoms with Gasteiger partial charge in [0.25, 0.3) is 5.91 Å². The molecule has 0 unspecified atom stereocenters. The minimum Gasteiger partial charge on any atom is -0.348 e. The quantitative estimate of drug-likeness (QED) is 0.918. The zero-order valence-corrected chi connectivity index (χ0v) is 12.1. The first-order valence-electron chi connectivity index (χ1n) is 6.77. The zero-order chi connectivity index (χ0) is 14.1. The van der Waals surface area contributed by atoms with E-state index in [2.05, 4.69) is 22.4 Å². The van der Waals surface area contributed by atoms with Crippen LogP contribution in [0.3, 0.4) is 0 Å². The van der Waals surface area contributed by atoms with Gasteiger partial charge in [-0.15, -0.1) is 0 Å². The molecule has 6 heteroatoms. The van der Waals surface area contributed by atoms with Gasteiger partial charge < -0.3 is 10.2 Å². The van der Waals surface area contributed by atoms with Gasteiger partial charge in [-0.25, -0.2) is 4.52 Å². The third kappa shape index (κ3) is 2.51. The Morgan fingerprint density at radius 2 is 2.15 bits per heavy atom. The van der Waals surface area contributed by atoms with Gasteiger partial charge in [-0.05, 0) is 45.1 Å². The highest BCUT2D eigenvalue weighted by atomic mass is 35.5. The Labute approximate surface area is 122 Å². The number of pyridine rings is 1. The van der Waals surface area contributed by atoms with Crippen molar-refractivity contribution in [3.8, 4) is 0 Å². The van der Waals surface area contributed by atoms with Gasteiger partial charge in [-0.1, -0.05) is 17.7 Å². The highest BCUT2D eigenvalue weighted by Crippen LogP contribution is 2.22. The molecule has 2 aromatic rings. The van der Waals surface area contributed by atoms with Crippen molar-refractivity contribution in [2.45, 2.75) is 18.9 Å². The van der Waals surface area contributed by atoms with Crippen molar-refractivity contribution in [3.05, 3.63) is 35.1 Å². The molecule has 5 nitrogen and oxygen atoms in total. The molecule has 106 valence electrons. The normalized spacial score (nSPS) is 17.5. The van der Waals surface area contributed by atoms with E-state index in [1.807, 2.05) is 18.2 Å². The summed E-state index contributed by atoms with van der Waals surface area (Å²) in [4.78, 5) is 14.6. The fourth-order valence-electron chi connectivity index (χ4n) is 2.52. The van der Waals surface area contributed by atoms with Crippen LogP contribution in [-0.2, 0) is 0 Å². The third-order valence-corrected chi connectivity index (χ3v) is 4.12. The predicted octanol–water partition coefficient (Wildman–Crippen LogP) is 1.81. The molecule has 0 atom stereocenters. The van der Waals surface area contributed by atoms with E-state index in [1.165, 1.54) is 0 Å². The zero-order valence-electron chi connectivity index (χ0n) is 11.3. The number of hydrogen-bond acceptors (Lipinski definition) is 3. The molecular formula is C14H17ClN4O. The number of aromatic nitrogens is 2. The molecule has 1 aliphatic rings. The van der Waals surface area contributed by atoms with Crippen LogP contribution in [0.25, 0.3) is 5.52 Å². The average Bonchev–Trinajstić information content (AvgIpc) is 2.79. The van der Waals surface area contributed by atoms with E-state index in [4.69, 9.17) is 11.6 Å². The molecule has 2 aromatic heterocycles. The van der Waals surface area contributed by atoms with Crippen LogP contribution in [0, 0.1) is 0 Å². The largest absolute Gasteiger partial charge is 0.348 e. The van der Waals surface area contributed by atoms with E-state index in [-0.39, 0.29) is 11.9 Å². The highest BCUT2D eigenvalue weighted by Gasteiger charge is 2.23. The molecule has 1 saturated heterocycles. The lowest BCUT2D eigenvalue weighted by Crippen LogP contribution is -2.43. The molecule has 0 spiro atoms. The highest BCUT2D eigenvalue weighted by molar-refractivity contribution is 6.36. The molecule has 1 aliphatic heterocycles. The topological polar surface area (TPSA) is 49.6 Å². The number of carbonyl (C=O) groups is 1. The van der Waals surface area contributed by atoms with Crippen LogP contribution >= 0.6 is 11.6 Å². The van der Waals surface area contributed by atoms with Crippen molar-refractivity contribution in [2.24, 2.45) is 0 Å². The van der Waals surface area contributed by atoms with E-state index in [0.717, 1.165) is 31.4 Å². The number of amides is 1.